The number of thiophene rings is 2. The molecule has 28 heavy (non-hydrogen) atoms. The quantitative estimate of drug-likeness (QED) is 0.340. The highest BCUT2D eigenvalue weighted by atomic mass is 32.1. The molecule has 0 spiro atoms. The van der Waals surface area contributed by atoms with Crippen molar-refractivity contribution in [3.63, 3.8) is 0 Å². The summed E-state index contributed by atoms with van der Waals surface area (Å²) >= 11 is 2.93. The number of ether oxygens (including phenoxy) is 1. The molecule has 6 heteroatoms. The van der Waals surface area contributed by atoms with Gasteiger partial charge in [0.25, 0.3) is 0 Å². The monoisotopic (exact) mass is 408 g/mol. The van der Waals surface area contributed by atoms with Crippen molar-refractivity contribution in [2.24, 2.45) is 0 Å². The van der Waals surface area contributed by atoms with Crippen molar-refractivity contribution in [3.05, 3.63) is 69.4 Å². The van der Waals surface area contributed by atoms with Gasteiger partial charge in [-0.25, -0.2) is 4.79 Å². The number of hydrogen-bond acceptors (Lipinski definition) is 5. The zero-order chi connectivity index (χ0) is 19.7. The SMILES string of the molecule is COC(=O)c1cc2c(C=Cc3ccc4sc(CC(=O)O)cc4c3)cccc2s1. The van der Waals surface area contributed by atoms with E-state index in [1.165, 1.54) is 29.8 Å². The van der Waals surface area contributed by atoms with E-state index in [4.69, 9.17) is 9.84 Å². The van der Waals surface area contributed by atoms with Crippen molar-refractivity contribution in [1.29, 1.82) is 0 Å². The van der Waals surface area contributed by atoms with Gasteiger partial charge in [-0.2, -0.15) is 0 Å². The van der Waals surface area contributed by atoms with Crippen molar-refractivity contribution in [3.8, 4) is 0 Å². The molecule has 0 saturated carbocycles. The molecule has 4 aromatic rings. The van der Waals surface area contributed by atoms with Crippen molar-refractivity contribution in [2.45, 2.75) is 6.42 Å². The van der Waals surface area contributed by atoms with Gasteiger partial charge in [0.05, 0.1) is 13.5 Å². The molecule has 0 aliphatic carbocycles. The second-order valence-electron chi connectivity index (χ2n) is 6.28. The summed E-state index contributed by atoms with van der Waals surface area (Å²) in [6.07, 6.45) is 4.10. The second-order valence-corrected chi connectivity index (χ2v) is 8.53. The van der Waals surface area contributed by atoms with Gasteiger partial charge in [-0.15, -0.1) is 22.7 Å². The van der Waals surface area contributed by atoms with Crippen molar-refractivity contribution < 1.29 is 19.4 Å². The standard InChI is InChI=1S/C22H16O4S2/c1-26-22(25)20-12-17-14(3-2-4-19(17)28-20)7-5-13-6-8-18-15(9-13)10-16(27-18)11-21(23)24/h2-10,12H,11H2,1H3,(H,23,24). The molecule has 2 heterocycles. The molecule has 4 nitrogen and oxygen atoms in total. The Balaban J connectivity index is 1.66. The number of methoxy groups -OCH3 is 1. The van der Waals surface area contributed by atoms with Crippen LogP contribution in [0.15, 0.2) is 48.5 Å². The number of esters is 1. The highest BCUT2D eigenvalue weighted by molar-refractivity contribution is 7.20. The minimum atomic E-state index is -0.818. The minimum Gasteiger partial charge on any atom is -0.481 e. The first-order valence-corrected chi connectivity index (χ1v) is 10.2. The molecule has 0 amide bonds. The first-order valence-electron chi connectivity index (χ1n) is 8.57. The molecule has 2 aromatic heterocycles. The Hall–Kier alpha value is -2.96. The van der Waals surface area contributed by atoms with Crippen LogP contribution in [0, 0.1) is 0 Å². The van der Waals surface area contributed by atoms with Crippen molar-refractivity contribution in [1.82, 2.24) is 0 Å². The Morgan fingerprint density at radius 2 is 1.89 bits per heavy atom. The van der Waals surface area contributed by atoms with Crippen LogP contribution in [0.3, 0.4) is 0 Å². The van der Waals surface area contributed by atoms with Crippen LogP contribution in [0.25, 0.3) is 32.3 Å². The van der Waals surface area contributed by atoms with Crippen LogP contribution in [-0.2, 0) is 16.0 Å². The van der Waals surface area contributed by atoms with Gasteiger partial charge < -0.3 is 9.84 Å². The first kappa shape index (κ1) is 18.4. The highest BCUT2D eigenvalue weighted by Gasteiger charge is 2.11. The number of benzene rings is 2. The molecule has 140 valence electrons. The highest BCUT2D eigenvalue weighted by Crippen LogP contribution is 2.31. The number of carbonyl (C=O) groups excluding carboxylic acids is 1. The molecule has 0 radical (unpaired) electrons. The maximum absolute atomic E-state index is 11.8. The summed E-state index contributed by atoms with van der Waals surface area (Å²) in [6.45, 7) is 0. The number of carbonyl (C=O) groups is 2. The minimum absolute atomic E-state index is 0.0488. The summed E-state index contributed by atoms with van der Waals surface area (Å²) < 4.78 is 6.94. The van der Waals surface area contributed by atoms with Gasteiger partial charge in [0, 0.05) is 19.7 Å². The lowest BCUT2D eigenvalue weighted by Crippen LogP contribution is -1.96. The van der Waals surface area contributed by atoms with Gasteiger partial charge in [-0.1, -0.05) is 30.4 Å². The van der Waals surface area contributed by atoms with Gasteiger partial charge in [-0.05, 0) is 46.8 Å². The van der Waals surface area contributed by atoms with Gasteiger partial charge in [0.1, 0.15) is 4.88 Å². The Morgan fingerprint density at radius 1 is 1.04 bits per heavy atom. The predicted octanol–water partition coefficient (Wildman–Crippen LogP) is 5.70. The van der Waals surface area contributed by atoms with E-state index in [2.05, 4.69) is 6.07 Å². The van der Waals surface area contributed by atoms with Gasteiger partial charge in [0.15, 0.2) is 0 Å². The zero-order valence-electron chi connectivity index (χ0n) is 15.0. The average molecular weight is 409 g/mol. The summed E-state index contributed by atoms with van der Waals surface area (Å²) in [4.78, 5) is 24.1. The molecule has 0 unspecified atom stereocenters. The summed E-state index contributed by atoms with van der Waals surface area (Å²) in [5, 5.41) is 11.0. The van der Waals surface area contributed by atoms with E-state index < -0.39 is 5.97 Å². The molecule has 0 atom stereocenters. The third-order valence-electron chi connectivity index (χ3n) is 4.35. The van der Waals surface area contributed by atoms with E-state index in [-0.39, 0.29) is 12.4 Å². The van der Waals surface area contributed by atoms with Gasteiger partial charge in [-0.3, -0.25) is 4.79 Å². The zero-order valence-corrected chi connectivity index (χ0v) is 16.6. The van der Waals surface area contributed by atoms with Gasteiger partial charge >= 0.3 is 11.9 Å². The van der Waals surface area contributed by atoms with Crippen LogP contribution in [0.4, 0.5) is 0 Å². The smallest absolute Gasteiger partial charge is 0.348 e. The molecule has 4 rings (SSSR count). The van der Waals surface area contributed by atoms with E-state index in [0.29, 0.717) is 4.88 Å². The summed E-state index contributed by atoms with van der Waals surface area (Å²) in [6, 6.07) is 15.9. The summed E-state index contributed by atoms with van der Waals surface area (Å²) in [7, 11) is 1.38. The summed E-state index contributed by atoms with van der Waals surface area (Å²) in [5.74, 6) is -1.14. The molecular formula is C22H16O4S2. The third-order valence-corrected chi connectivity index (χ3v) is 6.55. The van der Waals surface area contributed by atoms with E-state index in [1.807, 2.05) is 54.6 Å². The second kappa shape index (κ2) is 7.58. The molecule has 0 aliphatic rings. The lowest BCUT2D eigenvalue weighted by Gasteiger charge is -1.98. The number of aliphatic carboxylic acids is 1. The van der Waals surface area contributed by atoms with Crippen LogP contribution < -0.4 is 0 Å². The number of carboxylic acids is 1. The Bertz CT molecular complexity index is 1230. The lowest BCUT2D eigenvalue weighted by atomic mass is 10.1. The molecule has 1 N–H and O–H groups in total. The topological polar surface area (TPSA) is 63.6 Å². The first-order chi connectivity index (χ1) is 13.5. The van der Waals surface area contributed by atoms with Crippen LogP contribution in [0.5, 0.6) is 0 Å². The molecular weight excluding hydrogens is 392 g/mol. The van der Waals surface area contributed by atoms with Gasteiger partial charge in [0.2, 0.25) is 0 Å². The fourth-order valence-electron chi connectivity index (χ4n) is 3.07. The van der Waals surface area contributed by atoms with Crippen LogP contribution in [0.2, 0.25) is 0 Å². The maximum atomic E-state index is 11.8. The Kier molecular flexibility index (Phi) is 4.98. The number of carboxylic acid groups (broad SMARTS) is 1. The normalized spacial score (nSPS) is 11.5. The van der Waals surface area contributed by atoms with E-state index in [1.54, 1.807) is 0 Å². The predicted molar refractivity (Wildman–Crippen MR) is 115 cm³/mol. The summed E-state index contributed by atoms with van der Waals surface area (Å²) in [5.41, 5.74) is 2.06. The van der Waals surface area contributed by atoms with Crippen molar-refractivity contribution >= 4 is 66.9 Å². The number of fused-ring (bicyclic) bond motifs is 2. The van der Waals surface area contributed by atoms with E-state index >= 15 is 0 Å². The van der Waals surface area contributed by atoms with Crippen molar-refractivity contribution in [2.75, 3.05) is 7.11 Å². The van der Waals surface area contributed by atoms with Crippen LogP contribution in [0.1, 0.15) is 25.7 Å². The number of rotatable bonds is 5. The molecule has 0 bridgehead atoms. The van der Waals surface area contributed by atoms with E-state index in [9.17, 15) is 9.59 Å². The lowest BCUT2D eigenvalue weighted by molar-refractivity contribution is -0.136. The molecule has 0 fully saturated rings. The molecule has 2 aromatic carbocycles. The third kappa shape index (κ3) is 3.69. The average Bonchev–Trinajstić information content (AvgIpc) is 3.28. The molecule has 0 aliphatic heterocycles. The largest absolute Gasteiger partial charge is 0.481 e. The fraction of sp³-hybridized carbons (Fsp3) is 0.0909. The Labute approximate surface area is 169 Å². The van der Waals surface area contributed by atoms with Crippen LogP contribution in [-0.4, -0.2) is 24.2 Å². The van der Waals surface area contributed by atoms with Crippen LogP contribution >= 0.6 is 22.7 Å². The molecule has 0 saturated heterocycles. The maximum Gasteiger partial charge on any atom is 0.348 e. The Morgan fingerprint density at radius 3 is 2.68 bits per heavy atom. The fourth-order valence-corrected chi connectivity index (χ4v) is 5.12. The number of hydrogen-bond donors (Lipinski definition) is 1. The van der Waals surface area contributed by atoms with E-state index in [0.717, 1.165) is 36.2 Å².